The average Bonchev–Trinajstić information content (AvgIpc) is 3.22. The van der Waals surface area contributed by atoms with Gasteiger partial charge in [0.1, 0.15) is 18.5 Å². The minimum absolute atomic E-state index is 0.0449. The predicted molar refractivity (Wildman–Crippen MR) is 116 cm³/mol. The molecule has 8 heteroatoms. The molecular weight excluding hydrogens is 395 g/mol. The van der Waals surface area contributed by atoms with Crippen molar-refractivity contribution in [1.29, 1.82) is 0 Å². The summed E-state index contributed by atoms with van der Waals surface area (Å²) >= 11 is 0. The number of carbonyl (C=O) groups is 1. The van der Waals surface area contributed by atoms with Crippen LogP contribution in [-0.2, 0) is 6.54 Å². The Hall–Kier alpha value is -3.26. The van der Waals surface area contributed by atoms with E-state index in [0.29, 0.717) is 6.54 Å². The molecule has 1 aliphatic rings. The lowest BCUT2D eigenvalue weighted by Gasteiger charge is -2.24. The Bertz CT molecular complexity index is 974. The van der Waals surface area contributed by atoms with Gasteiger partial charge in [0.2, 0.25) is 0 Å². The first-order valence-corrected chi connectivity index (χ1v) is 10.6. The maximum atomic E-state index is 13.1. The van der Waals surface area contributed by atoms with E-state index in [1.54, 1.807) is 11.0 Å². The van der Waals surface area contributed by atoms with Crippen molar-refractivity contribution in [1.82, 2.24) is 29.9 Å². The van der Waals surface area contributed by atoms with Gasteiger partial charge in [0.15, 0.2) is 0 Å². The van der Waals surface area contributed by atoms with Gasteiger partial charge in [0.05, 0.1) is 11.7 Å². The van der Waals surface area contributed by atoms with Gasteiger partial charge in [-0.2, -0.15) is 5.10 Å². The van der Waals surface area contributed by atoms with Crippen LogP contribution >= 0.6 is 0 Å². The van der Waals surface area contributed by atoms with Gasteiger partial charge in [0.25, 0.3) is 0 Å². The molecule has 2 aromatic carbocycles. The lowest BCUT2D eigenvalue weighted by Crippen LogP contribution is -2.42. The average molecular weight is 423 g/mol. The highest BCUT2D eigenvalue weighted by Crippen LogP contribution is 2.16. The molecule has 1 N–H and O–H groups in total. The van der Waals surface area contributed by atoms with Crippen LogP contribution in [-0.4, -0.2) is 56.8 Å². The van der Waals surface area contributed by atoms with Crippen LogP contribution in [0.3, 0.4) is 0 Å². The van der Waals surface area contributed by atoms with Crippen LogP contribution in [0.4, 0.5) is 9.18 Å². The topological polar surface area (TPSA) is 66.3 Å². The summed E-state index contributed by atoms with van der Waals surface area (Å²) in [5, 5.41) is 7.23. The van der Waals surface area contributed by atoms with Crippen molar-refractivity contribution in [3.8, 4) is 5.69 Å². The third kappa shape index (κ3) is 5.46. The van der Waals surface area contributed by atoms with E-state index < -0.39 is 0 Å². The maximum absolute atomic E-state index is 13.1. The molecule has 3 aromatic rings. The second-order valence-electron chi connectivity index (χ2n) is 7.85. The van der Waals surface area contributed by atoms with Crippen molar-refractivity contribution in [3.05, 3.63) is 78.1 Å². The molecule has 1 atom stereocenters. The van der Waals surface area contributed by atoms with E-state index in [1.807, 2.05) is 48.2 Å². The lowest BCUT2D eigenvalue weighted by atomic mass is 10.1. The van der Waals surface area contributed by atoms with Crippen molar-refractivity contribution in [2.45, 2.75) is 25.9 Å². The molecule has 0 radical (unpaired) electrons. The molecule has 0 aliphatic carbocycles. The summed E-state index contributed by atoms with van der Waals surface area (Å²) in [5.41, 5.74) is 3.04. The monoisotopic (exact) mass is 422 g/mol. The Morgan fingerprint density at radius 3 is 2.55 bits per heavy atom. The van der Waals surface area contributed by atoms with Crippen molar-refractivity contribution in [2.75, 3.05) is 26.2 Å². The number of hydrogen-bond donors (Lipinski definition) is 1. The fraction of sp³-hybridized carbons (Fsp3) is 0.348. The highest BCUT2D eigenvalue weighted by Gasteiger charge is 2.21. The van der Waals surface area contributed by atoms with E-state index in [2.05, 4.69) is 20.3 Å². The van der Waals surface area contributed by atoms with Gasteiger partial charge in [-0.05, 0) is 48.7 Å². The van der Waals surface area contributed by atoms with E-state index in [4.69, 9.17) is 0 Å². The molecule has 0 bridgehead atoms. The summed E-state index contributed by atoms with van der Waals surface area (Å²) in [6.07, 6.45) is 4.06. The van der Waals surface area contributed by atoms with Crippen LogP contribution in [0.15, 0.2) is 61.2 Å². The fourth-order valence-corrected chi connectivity index (χ4v) is 3.80. The number of carbonyl (C=O) groups excluding carboxylic acids is 1. The molecular formula is C23H27FN6O. The Kier molecular flexibility index (Phi) is 6.57. The number of hydrogen-bond acceptors (Lipinski definition) is 4. The highest BCUT2D eigenvalue weighted by molar-refractivity contribution is 5.74. The largest absolute Gasteiger partial charge is 0.331 e. The van der Waals surface area contributed by atoms with E-state index in [1.165, 1.54) is 18.5 Å². The molecule has 1 aliphatic heterocycles. The van der Waals surface area contributed by atoms with Crippen LogP contribution < -0.4 is 5.32 Å². The van der Waals surface area contributed by atoms with Crippen LogP contribution in [0.2, 0.25) is 0 Å². The number of halogens is 1. The second-order valence-corrected chi connectivity index (χ2v) is 7.85. The van der Waals surface area contributed by atoms with E-state index in [-0.39, 0.29) is 17.9 Å². The smallest absolute Gasteiger partial charge is 0.317 e. The first-order chi connectivity index (χ1) is 15.1. The quantitative estimate of drug-likeness (QED) is 0.685. The lowest BCUT2D eigenvalue weighted by molar-refractivity contribution is 0.194. The number of rotatable bonds is 5. The maximum Gasteiger partial charge on any atom is 0.317 e. The number of benzene rings is 2. The molecule has 2 heterocycles. The zero-order chi connectivity index (χ0) is 21.6. The molecule has 0 saturated carbocycles. The number of nitrogens with zero attached hydrogens (tertiary/aromatic N) is 5. The molecule has 1 fully saturated rings. The minimum atomic E-state index is -0.218. The third-order valence-corrected chi connectivity index (χ3v) is 5.61. The van der Waals surface area contributed by atoms with Crippen molar-refractivity contribution in [2.24, 2.45) is 0 Å². The number of amides is 2. The SMILES string of the molecule is CC(NC(=O)N1CCCN(Cc2ccc(F)cc2)CC1)c1ccc(-n2cncn2)cc1. The summed E-state index contributed by atoms with van der Waals surface area (Å²) < 4.78 is 14.8. The van der Waals surface area contributed by atoms with Crippen LogP contribution in [0.5, 0.6) is 0 Å². The first-order valence-electron chi connectivity index (χ1n) is 10.6. The van der Waals surface area contributed by atoms with Crippen molar-refractivity contribution < 1.29 is 9.18 Å². The van der Waals surface area contributed by atoms with Crippen molar-refractivity contribution in [3.63, 3.8) is 0 Å². The van der Waals surface area contributed by atoms with E-state index in [9.17, 15) is 9.18 Å². The van der Waals surface area contributed by atoms with Crippen LogP contribution in [0.1, 0.15) is 30.5 Å². The fourth-order valence-electron chi connectivity index (χ4n) is 3.80. The summed E-state index contributed by atoms with van der Waals surface area (Å²) in [6, 6.07) is 14.4. The van der Waals surface area contributed by atoms with Gasteiger partial charge in [0, 0.05) is 32.7 Å². The number of nitrogens with one attached hydrogen (secondary N) is 1. The molecule has 1 aromatic heterocycles. The van der Waals surface area contributed by atoms with Gasteiger partial charge >= 0.3 is 6.03 Å². The van der Waals surface area contributed by atoms with Gasteiger partial charge in [-0.15, -0.1) is 0 Å². The predicted octanol–water partition coefficient (Wildman–Crippen LogP) is 3.38. The molecule has 1 unspecified atom stereocenters. The first kappa shape index (κ1) is 21.0. The Labute approximate surface area is 181 Å². The zero-order valence-electron chi connectivity index (χ0n) is 17.6. The highest BCUT2D eigenvalue weighted by atomic mass is 19.1. The molecule has 4 rings (SSSR count). The molecule has 162 valence electrons. The Morgan fingerprint density at radius 1 is 1.06 bits per heavy atom. The number of aromatic nitrogens is 3. The second kappa shape index (κ2) is 9.70. The van der Waals surface area contributed by atoms with Gasteiger partial charge in [-0.25, -0.2) is 18.9 Å². The van der Waals surface area contributed by atoms with E-state index in [0.717, 1.165) is 49.4 Å². The van der Waals surface area contributed by atoms with Gasteiger partial charge < -0.3 is 10.2 Å². The summed E-state index contributed by atoms with van der Waals surface area (Å²) in [6.45, 7) is 5.87. The molecule has 1 saturated heterocycles. The Balaban J connectivity index is 1.29. The zero-order valence-corrected chi connectivity index (χ0v) is 17.6. The molecule has 0 spiro atoms. The van der Waals surface area contributed by atoms with E-state index >= 15 is 0 Å². The summed E-state index contributed by atoms with van der Waals surface area (Å²) in [4.78, 5) is 21.0. The standard InChI is InChI=1S/C23H27FN6O/c1-18(20-5-9-22(10-6-20)30-17-25-16-26-30)27-23(31)29-12-2-11-28(13-14-29)15-19-3-7-21(24)8-4-19/h3-10,16-18H,2,11-15H2,1H3,(H,27,31). The summed E-state index contributed by atoms with van der Waals surface area (Å²) in [5.74, 6) is -0.218. The Morgan fingerprint density at radius 2 is 1.84 bits per heavy atom. The van der Waals surface area contributed by atoms with Crippen LogP contribution in [0.25, 0.3) is 5.69 Å². The minimum Gasteiger partial charge on any atom is -0.331 e. The summed E-state index contributed by atoms with van der Waals surface area (Å²) in [7, 11) is 0. The molecule has 31 heavy (non-hydrogen) atoms. The van der Waals surface area contributed by atoms with Gasteiger partial charge in [-0.3, -0.25) is 4.90 Å². The third-order valence-electron chi connectivity index (χ3n) is 5.61. The number of urea groups is 1. The molecule has 7 nitrogen and oxygen atoms in total. The van der Waals surface area contributed by atoms with Gasteiger partial charge in [-0.1, -0.05) is 24.3 Å². The normalized spacial score (nSPS) is 16.0. The molecule has 2 amide bonds. The van der Waals surface area contributed by atoms with Crippen LogP contribution in [0, 0.1) is 5.82 Å². The van der Waals surface area contributed by atoms with Crippen molar-refractivity contribution >= 4 is 6.03 Å².